The van der Waals surface area contributed by atoms with E-state index in [0.29, 0.717) is 12.0 Å². The van der Waals surface area contributed by atoms with Crippen molar-refractivity contribution in [3.05, 3.63) is 82.0 Å². The van der Waals surface area contributed by atoms with Gasteiger partial charge in [-0.25, -0.2) is 14.8 Å². The molecule has 0 bridgehead atoms. The molecule has 4 aromatic rings. The summed E-state index contributed by atoms with van der Waals surface area (Å²) in [7, 11) is 1.39. The number of anilines is 2. The van der Waals surface area contributed by atoms with Crippen LogP contribution in [0.15, 0.2) is 54.6 Å². The number of aromatic nitrogens is 2. The molecule has 1 aliphatic rings. The number of hydrogen-bond acceptors (Lipinski definition) is 6. The summed E-state index contributed by atoms with van der Waals surface area (Å²) >= 11 is 1.79. The summed E-state index contributed by atoms with van der Waals surface area (Å²) in [5.74, 6) is 1.31. The predicted octanol–water partition coefficient (Wildman–Crippen LogP) is 5.30. The number of rotatable bonds is 5. The number of methoxy groups -OCH3 is 1. The minimum absolute atomic E-state index is 0.341. The van der Waals surface area contributed by atoms with Crippen molar-refractivity contribution in [3.63, 3.8) is 0 Å². The molecule has 1 N–H and O–H groups in total. The van der Waals surface area contributed by atoms with E-state index in [0.717, 1.165) is 40.4 Å². The van der Waals surface area contributed by atoms with E-state index in [1.165, 1.54) is 29.5 Å². The topological polar surface area (TPSA) is 64.1 Å². The second-order valence-electron chi connectivity index (χ2n) is 7.38. The second-order valence-corrected chi connectivity index (χ2v) is 8.47. The van der Waals surface area contributed by atoms with Crippen molar-refractivity contribution in [3.8, 4) is 0 Å². The molecule has 2 aromatic heterocycles. The number of carbonyl (C=O) groups is 1. The zero-order valence-corrected chi connectivity index (χ0v) is 17.5. The van der Waals surface area contributed by atoms with E-state index in [-0.39, 0.29) is 5.97 Å². The molecule has 6 heteroatoms. The Kier molecular flexibility index (Phi) is 4.93. The third-order valence-electron chi connectivity index (χ3n) is 5.38. The van der Waals surface area contributed by atoms with Crippen LogP contribution in [0, 0.1) is 0 Å². The maximum atomic E-state index is 11.7. The van der Waals surface area contributed by atoms with Crippen molar-refractivity contribution in [2.75, 3.05) is 12.4 Å². The van der Waals surface area contributed by atoms with Gasteiger partial charge in [-0.1, -0.05) is 30.3 Å². The van der Waals surface area contributed by atoms with Gasteiger partial charge >= 0.3 is 5.97 Å². The first-order chi connectivity index (χ1) is 14.7. The number of fused-ring (bicyclic) bond motifs is 3. The Hall–Kier alpha value is -3.25. The van der Waals surface area contributed by atoms with E-state index in [2.05, 4.69) is 17.4 Å². The molecule has 1 aliphatic carbocycles. The Morgan fingerprint density at radius 1 is 1.07 bits per heavy atom. The Bertz CT molecular complexity index is 1220. The van der Waals surface area contributed by atoms with Gasteiger partial charge in [-0.15, -0.1) is 11.3 Å². The van der Waals surface area contributed by atoms with Crippen LogP contribution in [0.25, 0.3) is 10.2 Å². The fourth-order valence-electron chi connectivity index (χ4n) is 3.93. The molecule has 0 unspecified atom stereocenters. The lowest BCUT2D eigenvalue weighted by atomic mass is 10.1. The number of hydrogen-bond donors (Lipinski definition) is 1. The normalized spacial score (nSPS) is 12.7. The van der Waals surface area contributed by atoms with Crippen molar-refractivity contribution in [1.82, 2.24) is 9.97 Å². The number of nitrogens with one attached hydrogen (secondary N) is 1. The van der Waals surface area contributed by atoms with Crippen LogP contribution in [0.5, 0.6) is 0 Å². The van der Waals surface area contributed by atoms with Gasteiger partial charge in [0.1, 0.15) is 16.5 Å². The molecule has 0 atom stereocenters. The van der Waals surface area contributed by atoms with Crippen LogP contribution in [-0.4, -0.2) is 23.0 Å². The standard InChI is InChI=1S/C24H21N3O2S/c1-29-24(28)16-10-12-17(13-11-16)25-22-21-18-8-5-9-19(18)30-23(21)27-20(26-22)14-15-6-3-2-4-7-15/h2-4,6-7,10-13H,5,8-9,14H2,1H3,(H,25,26,27). The lowest BCUT2D eigenvalue weighted by Gasteiger charge is -2.11. The summed E-state index contributed by atoms with van der Waals surface area (Å²) in [4.78, 5) is 24.0. The molecular weight excluding hydrogens is 394 g/mol. The van der Waals surface area contributed by atoms with E-state index in [1.54, 1.807) is 23.5 Å². The lowest BCUT2D eigenvalue weighted by molar-refractivity contribution is 0.0601. The van der Waals surface area contributed by atoms with Crippen molar-refractivity contribution in [2.45, 2.75) is 25.7 Å². The van der Waals surface area contributed by atoms with Gasteiger partial charge in [0.2, 0.25) is 0 Å². The molecule has 150 valence electrons. The molecule has 5 nitrogen and oxygen atoms in total. The highest BCUT2D eigenvalue weighted by Crippen LogP contribution is 2.40. The summed E-state index contributed by atoms with van der Waals surface area (Å²) in [6.07, 6.45) is 4.08. The molecule has 0 saturated carbocycles. The highest BCUT2D eigenvalue weighted by Gasteiger charge is 2.22. The Morgan fingerprint density at radius 2 is 1.87 bits per heavy atom. The molecule has 30 heavy (non-hydrogen) atoms. The zero-order chi connectivity index (χ0) is 20.5. The largest absolute Gasteiger partial charge is 0.465 e. The first kappa shape index (κ1) is 18.8. The fraction of sp³-hybridized carbons (Fsp3) is 0.208. The first-order valence-corrected chi connectivity index (χ1v) is 10.8. The van der Waals surface area contributed by atoms with E-state index in [9.17, 15) is 4.79 Å². The molecule has 5 rings (SSSR count). The fourth-order valence-corrected chi connectivity index (χ4v) is 5.21. The van der Waals surface area contributed by atoms with Gasteiger partial charge in [0.05, 0.1) is 18.1 Å². The predicted molar refractivity (Wildman–Crippen MR) is 120 cm³/mol. The molecule has 2 aromatic carbocycles. The van der Waals surface area contributed by atoms with Gasteiger partial charge in [0.15, 0.2) is 0 Å². The van der Waals surface area contributed by atoms with Crippen molar-refractivity contribution in [1.29, 1.82) is 0 Å². The molecule has 0 saturated heterocycles. The molecule has 0 aliphatic heterocycles. The van der Waals surface area contributed by atoms with Crippen LogP contribution in [0.4, 0.5) is 11.5 Å². The number of aryl methyl sites for hydroxylation is 2. The molecule has 0 radical (unpaired) electrons. The van der Waals surface area contributed by atoms with Gasteiger partial charge in [0.25, 0.3) is 0 Å². The summed E-state index contributed by atoms with van der Waals surface area (Å²) in [5.41, 5.74) is 3.98. The third-order valence-corrected chi connectivity index (χ3v) is 6.57. The number of nitrogens with zero attached hydrogens (tertiary/aromatic N) is 2. The number of ether oxygens (including phenoxy) is 1. The Labute approximate surface area is 178 Å². The average molecular weight is 416 g/mol. The van der Waals surface area contributed by atoms with E-state index < -0.39 is 0 Å². The molecular formula is C24H21N3O2S. The number of esters is 1. The minimum atomic E-state index is -0.341. The number of thiophene rings is 1. The quantitative estimate of drug-likeness (QED) is 0.448. The van der Waals surface area contributed by atoms with Crippen LogP contribution in [0.2, 0.25) is 0 Å². The smallest absolute Gasteiger partial charge is 0.337 e. The lowest BCUT2D eigenvalue weighted by Crippen LogP contribution is -2.04. The summed E-state index contributed by atoms with van der Waals surface area (Å²) in [6.45, 7) is 0. The Morgan fingerprint density at radius 3 is 2.63 bits per heavy atom. The zero-order valence-electron chi connectivity index (χ0n) is 16.6. The van der Waals surface area contributed by atoms with Crippen molar-refractivity contribution in [2.24, 2.45) is 0 Å². The third kappa shape index (κ3) is 3.55. The van der Waals surface area contributed by atoms with Gasteiger partial charge in [0, 0.05) is 17.0 Å². The maximum absolute atomic E-state index is 11.7. The first-order valence-electron chi connectivity index (χ1n) is 10.0. The van der Waals surface area contributed by atoms with Crippen LogP contribution in [0.3, 0.4) is 0 Å². The van der Waals surface area contributed by atoms with E-state index in [4.69, 9.17) is 14.7 Å². The van der Waals surface area contributed by atoms with Gasteiger partial charge < -0.3 is 10.1 Å². The molecule has 2 heterocycles. The van der Waals surface area contributed by atoms with E-state index in [1.807, 2.05) is 30.3 Å². The van der Waals surface area contributed by atoms with Crippen LogP contribution < -0.4 is 5.32 Å². The SMILES string of the molecule is COC(=O)c1ccc(Nc2nc(Cc3ccccc3)nc3sc4c(c23)CCC4)cc1. The highest BCUT2D eigenvalue weighted by atomic mass is 32.1. The van der Waals surface area contributed by atoms with Crippen molar-refractivity contribution >= 4 is 39.0 Å². The van der Waals surface area contributed by atoms with E-state index >= 15 is 0 Å². The van der Waals surface area contributed by atoms with Crippen LogP contribution in [-0.2, 0) is 24.0 Å². The number of carbonyl (C=O) groups excluding carboxylic acids is 1. The maximum Gasteiger partial charge on any atom is 0.337 e. The van der Waals surface area contributed by atoms with Crippen LogP contribution in [0.1, 0.15) is 38.6 Å². The monoisotopic (exact) mass is 415 g/mol. The molecule has 0 amide bonds. The molecule has 0 spiro atoms. The molecule has 0 fully saturated rings. The minimum Gasteiger partial charge on any atom is -0.465 e. The highest BCUT2D eigenvalue weighted by molar-refractivity contribution is 7.19. The summed E-state index contributed by atoms with van der Waals surface area (Å²) in [6, 6.07) is 17.6. The second kappa shape index (κ2) is 7.88. The number of benzene rings is 2. The summed E-state index contributed by atoms with van der Waals surface area (Å²) < 4.78 is 4.79. The van der Waals surface area contributed by atoms with Crippen molar-refractivity contribution < 1.29 is 9.53 Å². The van der Waals surface area contributed by atoms with Gasteiger partial charge in [-0.2, -0.15) is 0 Å². The van der Waals surface area contributed by atoms with Gasteiger partial charge in [-0.3, -0.25) is 0 Å². The average Bonchev–Trinajstić information content (AvgIpc) is 3.35. The summed E-state index contributed by atoms with van der Waals surface area (Å²) in [5, 5.41) is 4.62. The Balaban J connectivity index is 1.54. The van der Waals surface area contributed by atoms with Crippen LogP contribution >= 0.6 is 11.3 Å². The van der Waals surface area contributed by atoms with Gasteiger partial charge in [-0.05, 0) is 54.7 Å².